The Hall–Kier alpha value is -0.910. The highest BCUT2D eigenvalue weighted by atomic mass is 35.5. The Morgan fingerprint density at radius 2 is 2.29 bits per heavy atom. The van der Waals surface area contributed by atoms with E-state index in [1.54, 1.807) is 0 Å². The smallest absolute Gasteiger partial charge is 0.129 e. The highest BCUT2D eigenvalue weighted by molar-refractivity contribution is 7.00. The van der Waals surface area contributed by atoms with Crippen LogP contribution in [-0.4, -0.2) is 33.9 Å². The molecule has 1 aromatic heterocycles. The highest BCUT2D eigenvalue weighted by Crippen LogP contribution is 2.36. The first kappa shape index (κ1) is 15.0. The second-order valence-corrected chi connectivity index (χ2v) is 6.68. The van der Waals surface area contributed by atoms with Gasteiger partial charge in [0.15, 0.2) is 0 Å². The molecule has 0 radical (unpaired) electrons. The number of nitrogens with zero attached hydrogens (tertiary/aromatic N) is 3. The van der Waals surface area contributed by atoms with Crippen molar-refractivity contribution in [2.45, 2.75) is 45.2 Å². The minimum atomic E-state index is 0.456. The van der Waals surface area contributed by atoms with Crippen molar-refractivity contribution in [1.29, 1.82) is 0 Å². The molecule has 0 amide bonds. The van der Waals surface area contributed by atoms with E-state index in [0.29, 0.717) is 12.1 Å². The third kappa shape index (κ3) is 3.00. The summed E-state index contributed by atoms with van der Waals surface area (Å²) in [4.78, 5) is 2.40. The van der Waals surface area contributed by atoms with Crippen LogP contribution in [0, 0.1) is 0 Å². The van der Waals surface area contributed by atoms with Gasteiger partial charge in [-0.15, -0.1) is 0 Å². The molecular weight excluding hydrogens is 304 g/mol. The lowest BCUT2D eigenvalue weighted by Gasteiger charge is -2.40. The molecule has 21 heavy (non-hydrogen) atoms. The first-order valence-corrected chi connectivity index (χ1v) is 8.72. The standard InChI is InChI=1S/C15H21ClN4S/c1-3-7-17-11-6-8-20(10(2)9-11)15-12(16)4-5-13-14(15)19-21-18-13/h4-5,10-11,17H,3,6-9H2,1-2H3. The van der Waals surface area contributed by atoms with Gasteiger partial charge in [-0.2, -0.15) is 8.75 Å². The largest absolute Gasteiger partial charge is 0.366 e. The Kier molecular flexibility index (Phi) is 4.62. The zero-order chi connectivity index (χ0) is 14.8. The maximum atomic E-state index is 6.46. The van der Waals surface area contributed by atoms with Crippen LogP contribution in [0.3, 0.4) is 0 Å². The maximum absolute atomic E-state index is 6.46. The van der Waals surface area contributed by atoms with Gasteiger partial charge in [0.2, 0.25) is 0 Å². The normalized spacial score (nSPS) is 22.9. The predicted octanol–water partition coefficient (Wildman–Crippen LogP) is 3.70. The lowest BCUT2D eigenvalue weighted by atomic mass is 9.97. The van der Waals surface area contributed by atoms with E-state index in [-0.39, 0.29) is 0 Å². The summed E-state index contributed by atoms with van der Waals surface area (Å²) < 4.78 is 8.78. The molecule has 0 aliphatic carbocycles. The van der Waals surface area contributed by atoms with Crippen LogP contribution in [0.4, 0.5) is 5.69 Å². The van der Waals surface area contributed by atoms with Crippen LogP contribution in [0.5, 0.6) is 0 Å². The molecule has 0 bridgehead atoms. The van der Waals surface area contributed by atoms with E-state index >= 15 is 0 Å². The number of aromatic nitrogens is 2. The molecule has 1 aliphatic rings. The number of fused-ring (bicyclic) bond motifs is 1. The quantitative estimate of drug-likeness (QED) is 0.931. The minimum absolute atomic E-state index is 0.456. The van der Waals surface area contributed by atoms with E-state index in [1.807, 2.05) is 12.1 Å². The first-order chi connectivity index (χ1) is 10.2. The van der Waals surface area contributed by atoms with Gasteiger partial charge in [0.25, 0.3) is 0 Å². The van der Waals surface area contributed by atoms with Gasteiger partial charge in [-0.05, 0) is 44.9 Å². The van der Waals surface area contributed by atoms with Crippen LogP contribution in [-0.2, 0) is 0 Å². The molecule has 1 saturated heterocycles. The second-order valence-electron chi connectivity index (χ2n) is 5.75. The van der Waals surface area contributed by atoms with Crippen molar-refractivity contribution in [3.05, 3.63) is 17.2 Å². The van der Waals surface area contributed by atoms with Crippen LogP contribution in [0.1, 0.15) is 33.1 Å². The van der Waals surface area contributed by atoms with Crippen LogP contribution in [0.15, 0.2) is 12.1 Å². The third-order valence-electron chi connectivity index (χ3n) is 4.20. The summed E-state index contributed by atoms with van der Waals surface area (Å²) >= 11 is 7.71. The van der Waals surface area contributed by atoms with Gasteiger partial charge < -0.3 is 10.2 Å². The topological polar surface area (TPSA) is 41.0 Å². The maximum Gasteiger partial charge on any atom is 0.129 e. The highest BCUT2D eigenvalue weighted by Gasteiger charge is 2.28. The molecule has 2 aromatic rings. The fraction of sp³-hybridized carbons (Fsp3) is 0.600. The molecule has 0 saturated carbocycles. The Labute approximate surface area is 134 Å². The van der Waals surface area contributed by atoms with Gasteiger partial charge in [-0.25, -0.2) is 0 Å². The van der Waals surface area contributed by atoms with E-state index < -0.39 is 0 Å². The average molecular weight is 325 g/mol. The molecule has 6 heteroatoms. The summed E-state index contributed by atoms with van der Waals surface area (Å²) in [5, 5.41) is 4.41. The summed E-state index contributed by atoms with van der Waals surface area (Å²) in [5.41, 5.74) is 2.95. The van der Waals surface area contributed by atoms with Gasteiger partial charge in [0, 0.05) is 18.6 Å². The Morgan fingerprint density at radius 3 is 3.05 bits per heavy atom. The number of benzene rings is 1. The molecule has 1 aliphatic heterocycles. The SMILES string of the molecule is CCCNC1CCN(c2c(Cl)ccc3nsnc23)C(C)C1. The molecule has 2 heterocycles. The first-order valence-electron chi connectivity index (χ1n) is 7.61. The molecule has 2 atom stereocenters. The summed E-state index contributed by atoms with van der Waals surface area (Å²) in [6.07, 6.45) is 3.48. The molecular formula is C15H21ClN4S. The van der Waals surface area contributed by atoms with E-state index in [2.05, 4.69) is 32.8 Å². The minimum Gasteiger partial charge on any atom is -0.366 e. The van der Waals surface area contributed by atoms with Crippen molar-refractivity contribution in [1.82, 2.24) is 14.1 Å². The number of anilines is 1. The zero-order valence-corrected chi connectivity index (χ0v) is 14.0. The second kappa shape index (κ2) is 6.46. The number of halogens is 1. The molecule has 3 rings (SSSR count). The number of hydrogen-bond acceptors (Lipinski definition) is 5. The molecule has 114 valence electrons. The number of rotatable bonds is 4. The number of hydrogen-bond donors (Lipinski definition) is 1. The van der Waals surface area contributed by atoms with Crippen molar-refractivity contribution in [3.8, 4) is 0 Å². The van der Waals surface area contributed by atoms with Gasteiger partial charge in [0.1, 0.15) is 11.0 Å². The van der Waals surface area contributed by atoms with Crippen molar-refractivity contribution >= 4 is 40.0 Å². The number of nitrogens with one attached hydrogen (secondary N) is 1. The van der Waals surface area contributed by atoms with Gasteiger partial charge in [0.05, 0.1) is 22.4 Å². The third-order valence-corrected chi connectivity index (χ3v) is 5.05. The molecule has 0 spiro atoms. The Bertz CT molecular complexity index is 615. The summed E-state index contributed by atoms with van der Waals surface area (Å²) in [7, 11) is 0. The van der Waals surface area contributed by atoms with Crippen molar-refractivity contribution in [3.63, 3.8) is 0 Å². The van der Waals surface area contributed by atoms with E-state index in [9.17, 15) is 0 Å². The van der Waals surface area contributed by atoms with Gasteiger partial charge in [-0.3, -0.25) is 0 Å². The van der Waals surface area contributed by atoms with Gasteiger partial charge in [-0.1, -0.05) is 18.5 Å². The monoisotopic (exact) mass is 324 g/mol. The summed E-state index contributed by atoms with van der Waals surface area (Å²) in [5.74, 6) is 0. The molecule has 2 unspecified atom stereocenters. The Balaban J connectivity index is 1.83. The van der Waals surface area contributed by atoms with Crippen LogP contribution in [0.2, 0.25) is 5.02 Å². The summed E-state index contributed by atoms with van der Waals surface area (Å²) in [6, 6.07) is 4.96. The van der Waals surface area contributed by atoms with E-state index in [1.165, 1.54) is 18.1 Å². The molecule has 4 nitrogen and oxygen atoms in total. The van der Waals surface area contributed by atoms with Crippen molar-refractivity contribution in [2.75, 3.05) is 18.0 Å². The molecule has 1 N–H and O–H groups in total. The lowest BCUT2D eigenvalue weighted by molar-refractivity contribution is 0.369. The Morgan fingerprint density at radius 1 is 1.43 bits per heavy atom. The van der Waals surface area contributed by atoms with Crippen LogP contribution in [0.25, 0.3) is 11.0 Å². The van der Waals surface area contributed by atoms with Gasteiger partial charge >= 0.3 is 0 Å². The lowest BCUT2D eigenvalue weighted by Crippen LogP contribution is -2.47. The van der Waals surface area contributed by atoms with Crippen molar-refractivity contribution in [2.24, 2.45) is 0 Å². The van der Waals surface area contributed by atoms with E-state index in [0.717, 1.165) is 47.7 Å². The zero-order valence-electron chi connectivity index (χ0n) is 12.5. The van der Waals surface area contributed by atoms with Crippen LogP contribution >= 0.6 is 23.3 Å². The molecule has 1 fully saturated rings. The average Bonchev–Trinajstić information content (AvgIpc) is 2.94. The van der Waals surface area contributed by atoms with Crippen LogP contribution < -0.4 is 10.2 Å². The fourth-order valence-electron chi connectivity index (χ4n) is 3.12. The molecule has 1 aromatic carbocycles. The predicted molar refractivity (Wildman–Crippen MR) is 90.5 cm³/mol. The van der Waals surface area contributed by atoms with Crippen molar-refractivity contribution < 1.29 is 0 Å². The van der Waals surface area contributed by atoms with E-state index in [4.69, 9.17) is 11.6 Å². The number of piperidine rings is 1. The summed E-state index contributed by atoms with van der Waals surface area (Å²) in [6.45, 7) is 6.60. The fourth-order valence-corrected chi connectivity index (χ4v) is 3.92.